The molecular weight excluding hydrogens is 250 g/mol. The minimum Gasteiger partial charge on any atom is -0.395 e. The molecule has 1 N–H and O–H groups in total. The van der Waals surface area contributed by atoms with Gasteiger partial charge in [-0.3, -0.25) is 4.79 Å². The Morgan fingerprint density at radius 3 is 2.61 bits per heavy atom. The van der Waals surface area contributed by atoms with Gasteiger partial charge in [0.15, 0.2) is 0 Å². The van der Waals surface area contributed by atoms with Crippen molar-refractivity contribution in [3.63, 3.8) is 0 Å². The highest BCUT2D eigenvalue weighted by atomic mass is 35.5. The van der Waals surface area contributed by atoms with Crippen molar-refractivity contribution in [1.29, 1.82) is 0 Å². The van der Waals surface area contributed by atoms with Gasteiger partial charge in [-0.15, -0.1) is 0 Å². The number of benzene rings is 1. The molecule has 0 saturated carbocycles. The van der Waals surface area contributed by atoms with E-state index in [1.807, 2.05) is 38.1 Å². The zero-order chi connectivity index (χ0) is 13.5. The highest BCUT2D eigenvalue weighted by Crippen LogP contribution is 2.17. The summed E-state index contributed by atoms with van der Waals surface area (Å²) in [5.41, 5.74) is 0.986. The lowest BCUT2D eigenvalue weighted by molar-refractivity contribution is -0.133. The molecule has 3 nitrogen and oxygen atoms in total. The molecule has 100 valence electrons. The minimum atomic E-state index is -0.00396. The first-order valence-corrected chi connectivity index (χ1v) is 6.57. The van der Waals surface area contributed by atoms with Gasteiger partial charge in [0.2, 0.25) is 5.91 Å². The smallest absolute Gasteiger partial charge is 0.223 e. The Hall–Kier alpha value is -1.06. The number of carbonyl (C=O) groups is 1. The van der Waals surface area contributed by atoms with Crippen LogP contribution < -0.4 is 0 Å². The molecule has 1 rings (SSSR count). The molecule has 0 aliphatic heterocycles. The maximum absolute atomic E-state index is 12.0. The number of carbonyl (C=O) groups excluding carboxylic acids is 1. The van der Waals surface area contributed by atoms with Crippen molar-refractivity contribution in [2.75, 3.05) is 13.2 Å². The molecule has 0 radical (unpaired) electrons. The molecule has 0 aliphatic carbocycles. The molecule has 1 aromatic carbocycles. The second-order valence-electron chi connectivity index (χ2n) is 4.50. The van der Waals surface area contributed by atoms with Crippen LogP contribution in [0.2, 0.25) is 5.02 Å². The molecule has 0 unspecified atom stereocenters. The molecular formula is C14H20ClNO2. The van der Waals surface area contributed by atoms with E-state index in [0.717, 1.165) is 5.56 Å². The van der Waals surface area contributed by atoms with Crippen LogP contribution in [0.25, 0.3) is 0 Å². The zero-order valence-corrected chi connectivity index (χ0v) is 11.7. The summed E-state index contributed by atoms with van der Waals surface area (Å²) in [6.45, 7) is 4.28. The summed E-state index contributed by atoms with van der Waals surface area (Å²) >= 11 is 6.05. The number of aryl methyl sites for hydroxylation is 1. The molecule has 0 bridgehead atoms. The van der Waals surface area contributed by atoms with Crippen molar-refractivity contribution >= 4 is 17.5 Å². The third-order valence-electron chi connectivity index (χ3n) is 2.85. The molecule has 4 heteroatoms. The second-order valence-corrected chi connectivity index (χ2v) is 4.90. The van der Waals surface area contributed by atoms with Gasteiger partial charge in [-0.05, 0) is 31.9 Å². The zero-order valence-electron chi connectivity index (χ0n) is 10.9. The fourth-order valence-corrected chi connectivity index (χ4v) is 2.10. The van der Waals surface area contributed by atoms with Crippen molar-refractivity contribution in [3.8, 4) is 0 Å². The van der Waals surface area contributed by atoms with E-state index in [0.29, 0.717) is 24.4 Å². The van der Waals surface area contributed by atoms with Crippen molar-refractivity contribution in [3.05, 3.63) is 34.9 Å². The molecule has 18 heavy (non-hydrogen) atoms. The van der Waals surface area contributed by atoms with Gasteiger partial charge in [0, 0.05) is 24.0 Å². The molecule has 0 aliphatic rings. The number of rotatable bonds is 6. The van der Waals surface area contributed by atoms with E-state index in [2.05, 4.69) is 0 Å². The molecule has 0 heterocycles. The summed E-state index contributed by atoms with van der Waals surface area (Å²) < 4.78 is 0. The van der Waals surface area contributed by atoms with Gasteiger partial charge in [0.05, 0.1) is 6.61 Å². The Labute approximate surface area is 113 Å². The van der Waals surface area contributed by atoms with Crippen molar-refractivity contribution in [1.82, 2.24) is 4.90 Å². The molecule has 0 aromatic heterocycles. The monoisotopic (exact) mass is 269 g/mol. The van der Waals surface area contributed by atoms with Gasteiger partial charge in [0.25, 0.3) is 0 Å². The summed E-state index contributed by atoms with van der Waals surface area (Å²) in [5, 5.41) is 9.65. The van der Waals surface area contributed by atoms with Gasteiger partial charge in [-0.25, -0.2) is 0 Å². The molecule has 0 saturated heterocycles. The fraction of sp³-hybridized carbons (Fsp3) is 0.500. The molecule has 1 aromatic rings. The van der Waals surface area contributed by atoms with Gasteiger partial charge in [-0.1, -0.05) is 29.8 Å². The van der Waals surface area contributed by atoms with E-state index in [9.17, 15) is 4.79 Å². The molecule has 0 spiro atoms. The Bertz CT molecular complexity index is 393. The van der Waals surface area contributed by atoms with Crippen molar-refractivity contribution in [2.45, 2.75) is 32.7 Å². The van der Waals surface area contributed by atoms with Crippen LogP contribution >= 0.6 is 11.6 Å². The van der Waals surface area contributed by atoms with Gasteiger partial charge in [0.1, 0.15) is 0 Å². The number of hydrogen-bond acceptors (Lipinski definition) is 2. The standard InChI is InChI=1S/C14H20ClNO2/c1-11(2)16(9-10-17)14(18)8-7-12-5-3-4-6-13(12)15/h3-6,11,17H,7-10H2,1-2H3. The number of halogens is 1. The number of aliphatic hydroxyl groups excluding tert-OH is 1. The van der Waals surface area contributed by atoms with Crippen LogP contribution in [-0.4, -0.2) is 35.1 Å². The Balaban J connectivity index is 2.57. The number of hydrogen-bond donors (Lipinski definition) is 1. The number of nitrogens with zero attached hydrogens (tertiary/aromatic N) is 1. The highest BCUT2D eigenvalue weighted by molar-refractivity contribution is 6.31. The SMILES string of the molecule is CC(C)N(CCO)C(=O)CCc1ccccc1Cl. The lowest BCUT2D eigenvalue weighted by Gasteiger charge is -2.26. The minimum absolute atomic E-state index is 0.00396. The van der Waals surface area contributed by atoms with Crippen LogP contribution in [0.5, 0.6) is 0 Å². The van der Waals surface area contributed by atoms with Crippen LogP contribution in [0.15, 0.2) is 24.3 Å². The Morgan fingerprint density at radius 2 is 2.06 bits per heavy atom. The quantitative estimate of drug-likeness (QED) is 0.862. The first-order chi connectivity index (χ1) is 8.56. The third-order valence-corrected chi connectivity index (χ3v) is 3.22. The largest absolute Gasteiger partial charge is 0.395 e. The van der Waals surface area contributed by atoms with Crippen LogP contribution in [0.4, 0.5) is 0 Å². The van der Waals surface area contributed by atoms with Gasteiger partial charge < -0.3 is 10.0 Å². The van der Waals surface area contributed by atoms with E-state index >= 15 is 0 Å². The van der Waals surface area contributed by atoms with Gasteiger partial charge in [-0.2, -0.15) is 0 Å². The van der Waals surface area contributed by atoms with Crippen LogP contribution in [-0.2, 0) is 11.2 Å². The summed E-state index contributed by atoms with van der Waals surface area (Å²) in [6.07, 6.45) is 1.05. The predicted octanol–water partition coefficient (Wildman–Crippen LogP) is 2.50. The Kier molecular flexibility index (Phi) is 6.16. The average Bonchev–Trinajstić information content (AvgIpc) is 2.34. The van der Waals surface area contributed by atoms with E-state index in [-0.39, 0.29) is 18.6 Å². The third kappa shape index (κ3) is 4.31. The predicted molar refractivity (Wildman–Crippen MR) is 73.7 cm³/mol. The molecule has 0 atom stereocenters. The topological polar surface area (TPSA) is 40.5 Å². The van der Waals surface area contributed by atoms with E-state index in [1.165, 1.54) is 0 Å². The fourth-order valence-electron chi connectivity index (χ4n) is 1.86. The summed E-state index contributed by atoms with van der Waals surface area (Å²) in [7, 11) is 0. The van der Waals surface area contributed by atoms with Crippen molar-refractivity contribution < 1.29 is 9.90 Å². The van der Waals surface area contributed by atoms with Crippen LogP contribution in [0.1, 0.15) is 25.8 Å². The number of aliphatic hydroxyl groups is 1. The first kappa shape index (κ1) is 15.0. The average molecular weight is 270 g/mol. The summed E-state index contributed by atoms with van der Waals surface area (Å²) in [4.78, 5) is 13.7. The van der Waals surface area contributed by atoms with E-state index in [1.54, 1.807) is 4.90 Å². The summed E-state index contributed by atoms with van der Waals surface area (Å²) in [5.74, 6) is 0.0546. The lowest BCUT2D eigenvalue weighted by Crippen LogP contribution is -2.39. The lowest BCUT2D eigenvalue weighted by atomic mass is 10.1. The Morgan fingerprint density at radius 1 is 1.39 bits per heavy atom. The van der Waals surface area contributed by atoms with E-state index in [4.69, 9.17) is 16.7 Å². The normalized spacial score (nSPS) is 10.7. The van der Waals surface area contributed by atoms with Gasteiger partial charge >= 0.3 is 0 Å². The van der Waals surface area contributed by atoms with Crippen LogP contribution in [0.3, 0.4) is 0 Å². The molecule has 0 fully saturated rings. The molecule has 1 amide bonds. The number of amides is 1. The maximum atomic E-state index is 12.0. The van der Waals surface area contributed by atoms with Crippen LogP contribution in [0, 0.1) is 0 Å². The highest BCUT2D eigenvalue weighted by Gasteiger charge is 2.16. The first-order valence-electron chi connectivity index (χ1n) is 6.20. The van der Waals surface area contributed by atoms with Crippen molar-refractivity contribution in [2.24, 2.45) is 0 Å². The second kappa shape index (κ2) is 7.39. The maximum Gasteiger partial charge on any atom is 0.223 e. The summed E-state index contributed by atoms with van der Waals surface area (Å²) in [6, 6.07) is 7.66. The van der Waals surface area contributed by atoms with E-state index < -0.39 is 0 Å².